The van der Waals surface area contributed by atoms with Gasteiger partial charge in [0, 0.05) is 19.0 Å². The van der Waals surface area contributed by atoms with E-state index in [2.05, 4.69) is 5.32 Å². The third-order valence-electron chi connectivity index (χ3n) is 2.56. The molecule has 0 heterocycles. The Morgan fingerprint density at radius 3 is 2.62 bits per heavy atom. The Labute approximate surface area is 80.1 Å². The molecular weight excluding hydrogens is 164 g/mol. The molecule has 1 unspecified atom stereocenters. The van der Waals surface area contributed by atoms with Crippen molar-refractivity contribution in [1.82, 2.24) is 5.32 Å². The monoisotopic (exact) mass is 184 g/mol. The van der Waals surface area contributed by atoms with Crippen LogP contribution in [0, 0.1) is 11.8 Å². The molecule has 76 valence electrons. The fourth-order valence-corrected chi connectivity index (χ4v) is 1.10. The molecule has 0 spiro atoms. The smallest absolute Gasteiger partial charge is 0.221 e. The van der Waals surface area contributed by atoms with Gasteiger partial charge in [0.2, 0.25) is 5.91 Å². The van der Waals surface area contributed by atoms with Crippen LogP contribution in [0.1, 0.15) is 33.1 Å². The fourth-order valence-electron chi connectivity index (χ4n) is 1.10. The topological polar surface area (TPSA) is 55.1 Å². The molecule has 3 heteroatoms. The summed E-state index contributed by atoms with van der Waals surface area (Å²) in [5, 5.41) is 2.91. The fraction of sp³-hybridized carbons (Fsp3) is 0.900. The van der Waals surface area contributed by atoms with E-state index >= 15 is 0 Å². The van der Waals surface area contributed by atoms with Gasteiger partial charge in [0.05, 0.1) is 0 Å². The summed E-state index contributed by atoms with van der Waals surface area (Å²) in [5.41, 5.74) is 5.78. The highest BCUT2D eigenvalue weighted by molar-refractivity contribution is 5.76. The summed E-state index contributed by atoms with van der Waals surface area (Å²) in [4.78, 5) is 11.3. The molecule has 1 fully saturated rings. The molecule has 1 amide bonds. The molecule has 3 nitrogen and oxygen atoms in total. The maximum absolute atomic E-state index is 11.3. The summed E-state index contributed by atoms with van der Waals surface area (Å²) in [6, 6.07) is -0.000738. The number of carbonyl (C=O) groups excluding carboxylic acids is 1. The average Bonchev–Trinajstić information content (AvgIpc) is 2.83. The maximum atomic E-state index is 11.3. The van der Waals surface area contributed by atoms with Crippen molar-refractivity contribution in [2.24, 2.45) is 17.6 Å². The molecule has 1 atom stereocenters. The van der Waals surface area contributed by atoms with Gasteiger partial charge in [0.25, 0.3) is 0 Å². The Morgan fingerprint density at radius 1 is 1.54 bits per heavy atom. The number of rotatable bonds is 5. The van der Waals surface area contributed by atoms with E-state index in [1.54, 1.807) is 0 Å². The second-order valence-corrected chi connectivity index (χ2v) is 4.36. The number of hydrogen-bond acceptors (Lipinski definition) is 2. The van der Waals surface area contributed by atoms with Crippen molar-refractivity contribution in [2.45, 2.75) is 39.2 Å². The highest BCUT2D eigenvalue weighted by Crippen LogP contribution is 2.27. The van der Waals surface area contributed by atoms with Crippen LogP contribution in [-0.2, 0) is 4.79 Å². The van der Waals surface area contributed by atoms with Crippen molar-refractivity contribution in [2.75, 3.05) is 6.54 Å². The van der Waals surface area contributed by atoms with Crippen LogP contribution in [0.4, 0.5) is 0 Å². The molecule has 1 rings (SSSR count). The van der Waals surface area contributed by atoms with Gasteiger partial charge in [-0.1, -0.05) is 13.8 Å². The van der Waals surface area contributed by atoms with E-state index in [1.807, 2.05) is 13.8 Å². The first kappa shape index (κ1) is 10.5. The van der Waals surface area contributed by atoms with Crippen LogP contribution in [0.2, 0.25) is 0 Å². The first-order valence-electron chi connectivity index (χ1n) is 5.12. The summed E-state index contributed by atoms with van der Waals surface area (Å²) in [7, 11) is 0. The quantitative estimate of drug-likeness (QED) is 0.666. The molecule has 0 saturated heterocycles. The number of nitrogens with one attached hydrogen (secondary N) is 1. The van der Waals surface area contributed by atoms with Gasteiger partial charge in [-0.25, -0.2) is 0 Å². The number of amides is 1. The van der Waals surface area contributed by atoms with Crippen molar-refractivity contribution < 1.29 is 4.79 Å². The second kappa shape index (κ2) is 4.61. The van der Waals surface area contributed by atoms with Crippen molar-refractivity contribution in [3.63, 3.8) is 0 Å². The van der Waals surface area contributed by atoms with Gasteiger partial charge in [0.1, 0.15) is 0 Å². The number of nitrogens with two attached hydrogens (primary N) is 1. The molecule has 13 heavy (non-hydrogen) atoms. The highest BCUT2D eigenvalue weighted by Gasteiger charge is 2.22. The van der Waals surface area contributed by atoms with Crippen LogP contribution in [0.25, 0.3) is 0 Å². The van der Waals surface area contributed by atoms with Crippen LogP contribution >= 0.6 is 0 Å². The largest absolute Gasteiger partial charge is 0.356 e. The van der Waals surface area contributed by atoms with Crippen molar-refractivity contribution in [1.29, 1.82) is 0 Å². The number of carbonyl (C=O) groups is 1. The van der Waals surface area contributed by atoms with Crippen LogP contribution in [0.5, 0.6) is 0 Å². The van der Waals surface area contributed by atoms with Crippen LogP contribution in [0.15, 0.2) is 0 Å². The Kier molecular flexibility index (Phi) is 3.72. The third-order valence-corrected chi connectivity index (χ3v) is 2.56. The summed E-state index contributed by atoms with van der Waals surface area (Å²) in [5.74, 6) is 1.24. The lowest BCUT2D eigenvalue weighted by Gasteiger charge is -2.14. The zero-order valence-corrected chi connectivity index (χ0v) is 8.55. The van der Waals surface area contributed by atoms with Gasteiger partial charge in [-0.2, -0.15) is 0 Å². The van der Waals surface area contributed by atoms with Gasteiger partial charge in [0.15, 0.2) is 0 Å². The van der Waals surface area contributed by atoms with E-state index in [0.29, 0.717) is 12.3 Å². The average molecular weight is 184 g/mol. The number of hydrogen-bond donors (Lipinski definition) is 2. The van der Waals surface area contributed by atoms with E-state index in [4.69, 9.17) is 5.73 Å². The van der Waals surface area contributed by atoms with Gasteiger partial charge < -0.3 is 11.1 Å². The molecule has 0 radical (unpaired) electrons. The van der Waals surface area contributed by atoms with Gasteiger partial charge in [-0.15, -0.1) is 0 Å². The third kappa shape index (κ3) is 4.27. The Balaban J connectivity index is 2.08. The van der Waals surface area contributed by atoms with E-state index < -0.39 is 0 Å². The molecule has 0 aliphatic heterocycles. The van der Waals surface area contributed by atoms with Crippen LogP contribution in [0.3, 0.4) is 0 Å². The lowest BCUT2D eigenvalue weighted by molar-refractivity contribution is -0.121. The Hall–Kier alpha value is -0.570. The van der Waals surface area contributed by atoms with Crippen molar-refractivity contribution in [3.8, 4) is 0 Å². The molecule has 0 aromatic heterocycles. The standard InChI is InChI=1S/C10H20N2O/c1-7(2)9(11)5-10(13)12-6-8-3-4-8/h7-9H,3-6,11H2,1-2H3,(H,12,13). The Morgan fingerprint density at radius 2 is 2.15 bits per heavy atom. The molecular formula is C10H20N2O. The highest BCUT2D eigenvalue weighted by atomic mass is 16.1. The van der Waals surface area contributed by atoms with Crippen molar-refractivity contribution in [3.05, 3.63) is 0 Å². The van der Waals surface area contributed by atoms with Gasteiger partial charge >= 0.3 is 0 Å². The zero-order chi connectivity index (χ0) is 9.84. The minimum Gasteiger partial charge on any atom is -0.356 e. The van der Waals surface area contributed by atoms with Crippen molar-refractivity contribution >= 4 is 5.91 Å². The first-order chi connectivity index (χ1) is 6.09. The lowest BCUT2D eigenvalue weighted by atomic mass is 10.0. The molecule has 3 N–H and O–H groups in total. The minimum absolute atomic E-state index is 0.000738. The van der Waals surface area contributed by atoms with E-state index in [1.165, 1.54) is 12.8 Å². The predicted molar refractivity (Wildman–Crippen MR) is 53.2 cm³/mol. The summed E-state index contributed by atoms with van der Waals surface area (Å²) < 4.78 is 0. The van der Waals surface area contributed by atoms with Crippen LogP contribution < -0.4 is 11.1 Å². The molecule has 0 aromatic rings. The SMILES string of the molecule is CC(C)C(N)CC(=O)NCC1CC1. The molecule has 0 aromatic carbocycles. The second-order valence-electron chi connectivity index (χ2n) is 4.36. The van der Waals surface area contributed by atoms with E-state index in [9.17, 15) is 4.79 Å². The van der Waals surface area contributed by atoms with Crippen LogP contribution in [-0.4, -0.2) is 18.5 Å². The molecule has 1 aliphatic rings. The van der Waals surface area contributed by atoms with Gasteiger partial charge in [-0.3, -0.25) is 4.79 Å². The first-order valence-corrected chi connectivity index (χ1v) is 5.12. The van der Waals surface area contributed by atoms with E-state index in [-0.39, 0.29) is 11.9 Å². The minimum atomic E-state index is -0.000738. The maximum Gasteiger partial charge on any atom is 0.221 e. The van der Waals surface area contributed by atoms with E-state index in [0.717, 1.165) is 12.5 Å². The predicted octanol–water partition coefficient (Wildman–Crippen LogP) is 0.886. The zero-order valence-electron chi connectivity index (χ0n) is 8.55. The molecule has 1 saturated carbocycles. The molecule has 0 bridgehead atoms. The summed E-state index contributed by atoms with van der Waals surface area (Å²) in [6.07, 6.45) is 3.01. The Bertz CT molecular complexity index is 176. The van der Waals surface area contributed by atoms with Gasteiger partial charge in [-0.05, 0) is 24.7 Å². The molecule has 1 aliphatic carbocycles. The summed E-state index contributed by atoms with van der Waals surface area (Å²) >= 11 is 0. The normalized spacial score (nSPS) is 18.8. The lowest BCUT2D eigenvalue weighted by Crippen LogP contribution is -2.35. The summed E-state index contributed by atoms with van der Waals surface area (Å²) in [6.45, 7) is 4.93.